The Hall–Kier alpha value is 0.210. The van der Waals surface area contributed by atoms with E-state index >= 15 is 0 Å². The highest BCUT2D eigenvalue weighted by atomic mass is 35.5. The van der Waals surface area contributed by atoms with Crippen LogP contribution in [-0.4, -0.2) is 43.1 Å². The number of halogens is 1. The zero-order chi connectivity index (χ0) is 9.52. The maximum absolute atomic E-state index is 5.66. The molecule has 1 heterocycles. The lowest BCUT2D eigenvalue weighted by Crippen LogP contribution is -2.40. The van der Waals surface area contributed by atoms with Crippen LogP contribution in [0.1, 0.15) is 26.2 Å². The first-order valence-corrected chi connectivity index (χ1v) is 5.80. The summed E-state index contributed by atoms with van der Waals surface area (Å²) < 4.78 is 5.62. The molecule has 1 atom stereocenters. The van der Waals surface area contributed by atoms with E-state index in [1.807, 2.05) is 0 Å². The molecule has 0 aliphatic carbocycles. The highest BCUT2D eigenvalue weighted by Gasteiger charge is 2.18. The summed E-state index contributed by atoms with van der Waals surface area (Å²) in [6, 6.07) is 0. The Morgan fingerprint density at radius 1 is 1.54 bits per heavy atom. The molecule has 1 aliphatic rings. The van der Waals surface area contributed by atoms with Crippen LogP contribution in [0.4, 0.5) is 0 Å². The van der Waals surface area contributed by atoms with E-state index in [1.54, 1.807) is 0 Å². The number of nitrogens with zero attached hydrogens (tertiary/aromatic N) is 1. The summed E-state index contributed by atoms with van der Waals surface area (Å²) in [5.41, 5.74) is 0. The molecule has 1 saturated heterocycles. The molecular formula is C10H20ClNO. The maximum Gasteiger partial charge on any atom is 0.0702 e. The van der Waals surface area contributed by atoms with Crippen LogP contribution >= 0.6 is 11.6 Å². The minimum Gasteiger partial charge on any atom is -0.377 e. The topological polar surface area (TPSA) is 12.5 Å². The Morgan fingerprint density at radius 2 is 2.38 bits per heavy atom. The zero-order valence-electron chi connectivity index (χ0n) is 8.47. The number of piperidine rings is 1. The zero-order valence-corrected chi connectivity index (χ0v) is 9.22. The number of likely N-dealkylation sites (tertiary alicyclic amines) is 1. The van der Waals surface area contributed by atoms with Crippen LogP contribution in [0.25, 0.3) is 0 Å². The predicted molar refractivity (Wildman–Crippen MR) is 56.4 cm³/mol. The summed E-state index contributed by atoms with van der Waals surface area (Å²) in [6.07, 6.45) is 4.06. The van der Waals surface area contributed by atoms with E-state index in [2.05, 4.69) is 11.8 Å². The molecule has 13 heavy (non-hydrogen) atoms. The Bertz CT molecular complexity index is 130. The fourth-order valence-electron chi connectivity index (χ4n) is 1.87. The highest BCUT2D eigenvalue weighted by molar-refractivity contribution is 6.17. The minimum absolute atomic E-state index is 0.467. The van der Waals surface area contributed by atoms with Crippen LogP contribution in [0, 0.1) is 0 Å². The van der Waals surface area contributed by atoms with Gasteiger partial charge >= 0.3 is 0 Å². The van der Waals surface area contributed by atoms with E-state index in [4.69, 9.17) is 16.3 Å². The molecule has 0 aromatic carbocycles. The molecule has 3 heteroatoms. The fraction of sp³-hybridized carbons (Fsp3) is 1.00. The summed E-state index contributed by atoms with van der Waals surface area (Å²) in [4.78, 5) is 2.46. The van der Waals surface area contributed by atoms with Gasteiger partial charge in [0, 0.05) is 19.0 Å². The smallest absolute Gasteiger partial charge is 0.0702 e. The molecule has 0 bridgehead atoms. The summed E-state index contributed by atoms with van der Waals surface area (Å²) in [5.74, 6) is 0.774. The van der Waals surface area contributed by atoms with Gasteiger partial charge in [0.1, 0.15) is 0 Å². The molecular weight excluding hydrogens is 186 g/mol. The van der Waals surface area contributed by atoms with E-state index in [0.29, 0.717) is 6.10 Å². The van der Waals surface area contributed by atoms with Gasteiger partial charge in [0.05, 0.1) is 6.10 Å². The van der Waals surface area contributed by atoms with Gasteiger partial charge < -0.3 is 9.64 Å². The van der Waals surface area contributed by atoms with Gasteiger partial charge in [-0.1, -0.05) is 0 Å². The predicted octanol–water partition coefficient (Wildman–Crippen LogP) is 2.12. The SMILES string of the molecule is CCOC1CCCN(CCCCl)C1. The van der Waals surface area contributed by atoms with Crippen molar-refractivity contribution in [3.8, 4) is 0 Å². The molecule has 0 N–H and O–H groups in total. The molecule has 1 unspecified atom stereocenters. The monoisotopic (exact) mass is 205 g/mol. The molecule has 0 aromatic rings. The molecule has 78 valence electrons. The van der Waals surface area contributed by atoms with Gasteiger partial charge in [-0.2, -0.15) is 0 Å². The third-order valence-electron chi connectivity index (χ3n) is 2.47. The van der Waals surface area contributed by atoms with E-state index in [0.717, 1.165) is 32.0 Å². The standard InChI is InChI=1S/C10H20ClNO/c1-2-13-10-5-3-7-12(9-10)8-4-6-11/h10H,2-9H2,1H3. The quantitative estimate of drug-likeness (QED) is 0.638. The maximum atomic E-state index is 5.66. The van der Waals surface area contributed by atoms with E-state index in [9.17, 15) is 0 Å². The first-order chi connectivity index (χ1) is 6.36. The molecule has 1 fully saturated rings. The van der Waals surface area contributed by atoms with Crippen LogP contribution in [0.3, 0.4) is 0 Å². The third kappa shape index (κ3) is 4.30. The average molecular weight is 206 g/mol. The highest BCUT2D eigenvalue weighted by Crippen LogP contribution is 2.13. The third-order valence-corrected chi connectivity index (χ3v) is 2.74. The number of ether oxygens (including phenoxy) is 1. The van der Waals surface area contributed by atoms with Gasteiger partial charge in [-0.05, 0) is 39.3 Å². The van der Waals surface area contributed by atoms with Crippen molar-refractivity contribution in [1.29, 1.82) is 0 Å². The minimum atomic E-state index is 0.467. The van der Waals surface area contributed by atoms with Crippen molar-refractivity contribution in [2.24, 2.45) is 0 Å². The average Bonchev–Trinajstić information content (AvgIpc) is 2.16. The number of alkyl halides is 1. The lowest BCUT2D eigenvalue weighted by molar-refractivity contribution is 0.00612. The van der Waals surface area contributed by atoms with Crippen LogP contribution in [0.2, 0.25) is 0 Å². The lowest BCUT2D eigenvalue weighted by Gasteiger charge is -2.32. The van der Waals surface area contributed by atoms with E-state index in [1.165, 1.54) is 19.4 Å². The second-order valence-corrected chi connectivity index (χ2v) is 3.94. The van der Waals surface area contributed by atoms with E-state index in [-0.39, 0.29) is 0 Å². The first kappa shape index (κ1) is 11.3. The van der Waals surface area contributed by atoms with Crippen molar-refractivity contribution in [2.45, 2.75) is 32.3 Å². The van der Waals surface area contributed by atoms with Crippen molar-refractivity contribution in [3.63, 3.8) is 0 Å². The number of rotatable bonds is 5. The van der Waals surface area contributed by atoms with Gasteiger partial charge in [0.2, 0.25) is 0 Å². The number of hydrogen-bond donors (Lipinski definition) is 0. The van der Waals surface area contributed by atoms with E-state index < -0.39 is 0 Å². The molecule has 2 nitrogen and oxygen atoms in total. The van der Waals surface area contributed by atoms with Crippen LogP contribution < -0.4 is 0 Å². The van der Waals surface area contributed by atoms with Gasteiger partial charge in [-0.15, -0.1) is 11.6 Å². The molecule has 1 rings (SSSR count). The van der Waals surface area contributed by atoms with Gasteiger partial charge in [0.25, 0.3) is 0 Å². The van der Waals surface area contributed by atoms with Gasteiger partial charge in [0.15, 0.2) is 0 Å². The van der Waals surface area contributed by atoms with Crippen molar-refractivity contribution in [2.75, 3.05) is 32.1 Å². The van der Waals surface area contributed by atoms with Gasteiger partial charge in [-0.3, -0.25) is 0 Å². The Morgan fingerprint density at radius 3 is 3.08 bits per heavy atom. The summed E-state index contributed by atoms with van der Waals surface area (Å²) in [7, 11) is 0. The van der Waals surface area contributed by atoms with Crippen LogP contribution in [-0.2, 0) is 4.74 Å². The van der Waals surface area contributed by atoms with Gasteiger partial charge in [-0.25, -0.2) is 0 Å². The molecule has 1 aliphatic heterocycles. The van der Waals surface area contributed by atoms with Crippen molar-refractivity contribution in [3.05, 3.63) is 0 Å². The van der Waals surface area contributed by atoms with Crippen LogP contribution in [0.5, 0.6) is 0 Å². The second kappa shape index (κ2) is 6.63. The van der Waals surface area contributed by atoms with Crippen molar-refractivity contribution >= 4 is 11.6 Å². The first-order valence-electron chi connectivity index (χ1n) is 5.26. The Kier molecular flexibility index (Phi) is 5.76. The fourth-order valence-corrected chi connectivity index (χ4v) is 1.99. The molecule has 0 saturated carbocycles. The molecule has 0 amide bonds. The number of hydrogen-bond acceptors (Lipinski definition) is 2. The largest absolute Gasteiger partial charge is 0.377 e. The Labute approximate surface area is 86.2 Å². The molecule has 0 aromatic heterocycles. The molecule has 0 spiro atoms. The summed E-state index contributed by atoms with van der Waals surface area (Å²) in [5, 5.41) is 0. The normalized spacial score (nSPS) is 24.9. The lowest BCUT2D eigenvalue weighted by atomic mass is 10.1. The van der Waals surface area contributed by atoms with Crippen molar-refractivity contribution in [1.82, 2.24) is 4.90 Å². The Balaban J connectivity index is 2.16. The summed E-state index contributed by atoms with van der Waals surface area (Å²) in [6.45, 7) is 6.37. The second-order valence-electron chi connectivity index (χ2n) is 3.56. The van der Waals surface area contributed by atoms with Crippen molar-refractivity contribution < 1.29 is 4.74 Å². The van der Waals surface area contributed by atoms with Crippen LogP contribution in [0.15, 0.2) is 0 Å². The molecule has 0 radical (unpaired) electrons. The summed E-state index contributed by atoms with van der Waals surface area (Å²) >= 11 is 5.66.